The summed E-state index contributed by atoms with van der Waals surface area (Å²) in [5.74, 6) is 0.754. The van der Waals surface area contributed by atoms with Crippen molar-refractivity contribution in [1.29, 1.82) is 0 Å². The van der Waals surface area contributed by atoms with Crippen molar-refractivity contribution in [2.75, 3.05) is 26.2 Å². The van der Waals surface area contributed by atoms with Crippen LogP contribution in [-0.4, -0.2) is 63.0 Å². The SMILES string of the molecule is Cc1nc(C)c(C(=O)N2CCCN(C(=O)CCc3n[nH]c(C)c3C)CC2)o1. The molecule has 8 heteroatoms. The molecular formula is C19H27N5O3. The fourth-order valence-corrected chi connectivity index (χ4v) is 3.41. The normalized spacial score (nSPS) is 15.1. The van der Waals surface area contributed by atoms with E-state index in [4.69, 9.17) is 4.42 Å². The van der Waals surface area contributed by atoms with Gasteiger partial charge in [-0.05, 0) is 32.8 Å². The van der Waals surface area contributed by atoms with Crippen molar-refractivity contribution in [2.24, 2.45) is 0 Å². The smallest absolute Gasteiger partial charge is 0.291 e. The van der Waals surface area contributed by atoms with Crippen LogP contribution in [0.15, 0.2) is 4.42 Å². The molecule has 1 aliphatic heterocycles. The number of rotatable bonds is 4. The molecule has 1 aliphatic rings. The summed E-state index contributed by atoms with van der Waals surface area (Å²) in [5.41, 5.74) is 3.72. The molecule has 146 valence electrons. The minimum Gasteiger partial charge on any atom is -0.436 e. The Labute approximate surface area is 158 Å². The van der Waals surface area contributed by atoms with E-state index in [0.29, 0.717) is 56.4 Å². The van der Waals surface area contributed by atoms with Crippen molar-refractivity contribution in [3.63, 3.8) is 0 Å². The zero-order valence-corrected chi connectivity index (χ0v) is 16.5. The van der Waals surface area contributed by atoms with Gasteiger partial charge < -0.3 is 14.2 Å². The number of hydrogen-bond acceptors (Lipinski definition) is 5. The molecule has 2 amide bonds. The summed E-state index contributed by atoms with van der Waals surface area (Å²) in [4.78, 5) is 33.1. The Kier molecular flexibility index (Phi) is 5.62. The van der Waals surface area contributed by atoms with Crippen LogP contribution in [0.3, 0.4) is 0 Å². The predicted octanol–water partition coefficient (Wildman–Crippen LogP) is 1.94. The van der Waals surface area contributed by atoms with E-state index in [1.807, 2.05) is 18.7 Å². The van der Waals surface area contributed by atoms with Crippen LogP contribution in [0.5, 0.6) is 0 Å². The Morgan fingerprint density at radius 3 is 2.41 bits per heavy atom. The molecule has 8 nitrogen and oxygen atoms in total. The van der Waals surface area contributed by atoms with Gasteiger partial charge in [0.25, 0.3) is 5.91 Å². The van der Waals surface area contributed by atoms with E-state index in [1.54, 1.807) is 18.7 Å². The van der Waals surface area contributed by atoms with E-state index in [0.717, 1.165) is 23.4 Å². The maximum absolute atomic E-state index is 12.7. The molecule has 27 heavy (non-hydrogen) atoms. The second kappa shape index (κ2) is 7.94. The minimum atomic E-state index is -0.148. The third kappa shape index (κ3) is 4.20. The number of aromatic amines is 1. The van der Waals surface area contributed by atoms with E-state index in [1.165, 1.54) is 0 Å². The Morgan fingerprint density at radius 1 is 1.07 bits per heavy atom. The van der Waals surface area contributed by atoms with E-state index in [-0.39, 0.29) is 11.8 Å². The number of aromatic nitrogens is 3. The van der Waals surface area contributed by atoms with E-state index < -0.39 is 0 Å². The fourth-order valence-electron chi connectivity index (χ4n) is 3.41. The highest BCUT2D eigenvalue weighted by Gasteiger charge is 2.26. The average Bonchev–Trinajstić information content (AvgIpc) is 3.02. The summed E-state index contributed by atoms with van der Waals surface area (Å²) in [6.45, 7) is 9.81. The topological polar surface area (TPSA) is 95.3 Å². The second-order valence-electron chi connectivity index (χ2n) is 7.09. The van der Waals surface area contributed by atoms with Gasteiger partial charge in [0.1, 0.15) is 0 Å². The molecule has 3 rings (SSSR count). The number of H-pyrrole nitrogens is 1. The van der Waals surface area contributed by atoms with Gasteiger partial charge in [0.2, 0.25) is 11.7 Å². The average molecular weight is 373 g/mol. The number of carbonyl (C=O) groups excluding carboxylic acids is 2. The molecule has 2 aromatic heterocycles. The predicted molar refractivity (Wildman–Crippen MR) is 99.5 cm³/mol. The molecule has 3 heterocycles. The molecule has 1 saturated heterocycles. The third-order valence-electron chi connectivity index (χ3n) is 5.16. The molecule has 0 atom stereocenters. The Bertz CT molecular complexity index is 839. The first kappa shape index (κ1) is 19.1. The summed E-state index contributed by atoms with van der Waals surface area (Å²) in [7, 11) is 0. The van der Waals surface area contributed by atoms with Gasteiger partial charge in [-0.15, -0.1) is 0 Å². The summed E-state index contributed by atoms with van der Waals surface area (Å²) < 4.78 is 5.45. The minimum absolute atomic E-state index is 0.107. The van der Waals surface area contributed by atoms with Crippen LogP contribution in [0.25, 0.3) is 0 Å². The van der Waals surface area contributed by atoms with Crippen LogP contribution >= 0.6 is 0 Å². The van der Waals surface area contributed by atoms with Crippen molar-refractivity contribution in [3.05, 3.63) is 34.3 Å². The highest BCUT2D eigenvalue weighted by molar-refractivity contribution is 5.92. The van der Waals surface area contributed by atoms with Crippen molar-refractivity contribution >= 4 is 11.8 Å². The number of nitrogens with one attached hydrogen (secondary N) is 1. The summed E-state index contributed by atoms with van der Waals surface area (Å²) >= 11 is 0. The maximum atomic E-state index is 12.7. The van der Waals surface area contributed by atoms with Gasteiger partial charge in [0.15, 0.2) is 5.89 Å². The van der Waals surface area contributed by atoms with Crippen molar-refractivity contribution < 1.29 is 14.0 Å². The molecular weight excluding hydrogens is 346 g/mol. The van der Waals surface area contributed by atoms with Gasteiger partial charge >= 0.3 is 0 Å². The highest BCUT2D eigenvalue weighted by Crippen LogP contribution is 2.16. The Hall–Kier alpha value is -2.64. The molecule has 0 aromatic carbocycles. The molecule has 0 spiro atoms. The first-order valence-electron chi connectivity index (χ1n) is 9.38. The molecule has 0 unspecified atom stereocenters. The molecule has 1 fully saturated rings. The lowest BCUT2D eigenvalue weighted by atomic mass is 10.1. The quantitative estimate of drug-likeness (QED) is 0.884. The van der Waals surface area contributed by atoms with Crippen molar-refractivity contribution in [3.8, 4) is 0 Å². The molecule has 0 radical (unpaired) electrons. The molecule has 2 aromatic rings. The monoisotopic (exact) mass is 373 g/mol. The van der Waals surface area contributed by atoms with Crippen LogP contribution in [-0.2, 0) is 11.2 Å². The second-order valence-corrected chi connectivity index (χ2v) is 7.09. The maximum Gasteiger partial charge on any atom is 0.291 e. The number of hydrogen-bond donors (Lipinski definition) is 1. The lowest BCUT2D eigenvalue weighted by molar-refractivity contribution is -0.131. The number of amides is 2. The molecule has 0 saturated carbocycles. The first-order valence-corrected chi connectivity index (χ1v) is 9.38. The van der Waals surface area contributed by atoms with Gasteiger partial charge in [0.05, 0.1) is 11.4 Å². The first-order chi connectivity index (χ1) is 12.9. The summed E-state index contributed by atoms with van der Waals surface area (Å²) in [6.07, 6.45) is 1.81. The number of nitrogens with zero attached hydrogens (tertiary/aromatic N) is 4. The number of carbonyl (C=O) groups is 2. The van der Waals surface area contributed by atoms with Gasteiger partial charge in [0, 0.05) is 51.6 Å². The largest absolute Gasteiger partial charge is 0.436 e. The van der Waals surface area contributed by atoms with Crippen molar-refractivity contribution in [2.45, 2.75) is 47.0 Å². The van der Waals surface area contributed by atoms with Crippen LogP contribution in [0, 0.1) is 27.7 Å². The lowest BCUT2D eigenvalue weighted by Gasteiger charge is -2.21. The Morgan fingerprint density at radius 2 is 1.78 bits per heavy atom. The van der Waals surface area contributed by atoms with Crippen LogP contribution in [0.2, 0.25) is 0 Å². The number of aryl methyl sites for hydroxylation is 4. The highest BCUT2D eigenvalue weighted by atomic mass is 16.4. The molecule has 0 aliphatic carbocycles. The van der Waals surface area contributed by atoms with Gasteiger partial charge in [-0.1, -0.05) is 0 Å². The van der Waals surface area contributed by atoms with E-state index >= 15 is 0 Å². The van der Waals surface area contributed by atoms with E-state index in [2.05, 4.69) is 15.2 Å². The van der Waals surface area contributed by atoms with Crippen LogP contribution in [0.4, 0.5) is 0 Å². The van der Waals surface area contributed by atoms with Crippen molar-refractivity contribution in [1.82, 2.24) is 25.0 Å². The third-order valence-corrected chi connectivity index (χ3v) is 5.16. The van der Waals surface area contributed by atoms with Gasteiger partial charge in [-0.25, -0.2) is 4.98 Å². The Balaban J connectivity index is 1.56. The lowest BCUT2D eigenvalue weighted by Crippen LogP contribution is -2.37. The fraction of sp³-hybridized carbons (Fsp3) is 0.579. The van der Waals surface area contributed by atoms with E-state index in [9.17, 15) is 9.59 Å². The van der Waals surface area contributed by atoms with Gasteiger partial charge in [-0.2, -0.15) is 5.10 Å². The molecule has 0 bridgehead atoms. The summed E-state index contributed by atoms with van der Waals surface area (Å²) in [5, 5.41) is 7.22. The molecule has 1 N–H and O–H groups in total. The van der Waals surface area contributed by atoms with Crippen LogP contribution < -0.4 is 0 Å². The zero-order chi connectivity index (χ0) is 19.6. The zero-order valence-electron chi connectivity index (χ0n) is 16.5. The van der Waals surface area contributed by atoms with Crippen LogP contribution in [0.1, 0.15) is 51.9 Å². The van der Waals surface area contributed by atoms with Gasteiger partial charge in [-0.3, -0.25) is 14.7 Å². The summed E-state index contributed by atoms with van der Waals surface area (Å²) in [6, 6.07) is 0. The number of oxazole rings is 1. The standard InChI is InChI=1S/C19H27N5O3/c1-12-13(2)21-22-16(12)6-7-17(25)23-8-5-9-24(11-10-23)19(26)18-14(3)20-15(4)27-18/h5-11H2,1-4H3,(H,21,22).